The number of nitrogens with zero attached hydrogens (tertiary/aromatic N) is 6. The van der Waals surface area contributed by atoms with E-state index in [0.717, 1.165) is 46.0 Å². The molecular formula is C54H55F7N8O7S2. The van der Waals surface area contributed by atoms with Crippen LogP contribution in [-0.2, 0) is 36.3 Å². The van der Waals surface area contributed by atoms with Gasteiger partial charge >= 0.3 is 12.4 Å². The third-order valence-corrected chi connectivity index (χ3v) is 14.6. The van der Waals surface area contributed by atoms with Gasteiger partial charge < -0.3 is 35.0 Å². The summed E-state index contributed by atoms with van der Waals surface area (Å²) in [5, 5.41) is 25.1. The Balaban J connectivity index is 0.905. The zero-order chi connectivity index (χ0) is 57.2. The van der Waals surface area contributed by atoms with Gasteiger partial charge in [-0.05, 0) is 112 Å². The topological polar surface area (TPSA) is 190 Å². The highest BCUT2D eigenvalue weighted by molar-refractivity contribution is 7.81. The Bertz CT molecular complexity index is 3120. The lowest BCUT2D eigenvalue weighted by Gasteiger charge is -2.35. The second kappa shape index (κ2) is 23.1. The average molecular weight is 1130 g/mol. The van der Waals surface area contributed by atoms with E-state index in [9.17, 15) is 55.9 Å². The molecule has 4 atom stereocenters. The predicted molar refractivity (Wildman–Crippen MR) is 279 cm³/mol. The number of carbonyl (C=O) groups excluding carboxylic acids is 4. The number of ether oxygens (including phenoxy) is 2. The van der Waals surface area contributed by atoms with Crippen molar-refractivity contribution in [1.82, 2.24) is 25.5 Å². The summed E-state index contributed by atoms with van der Waals surface area (Å²) in [5.74, 6) is -4.89. The Hall–Kier alpha value is -7.07. The first-order valence-electron chi connectivity index (χ1n) is 24.5. The van der Waals surface area contributed by atoms with Gasteiger partial charge in [0, 0.05) is 25.1 Å². The third kappa shape index (κ3) is 12.6. The van der Waals surface area contributed by atoms with E-state index in [0.29, 0.717) is 4.90 Å². The standard InChI is InChI=1S/C54H55F7N8O7S2/c1-29(31-10-12-32(13-11-31)45-30(2)64-28-78-45)65-47(72)40-23-36(70)26-67(40)48(73)46(51(3,4)5)66-42(71)27-75-20-8-9-21-76-41-19-15-33(22-37(41)53(56,57)58)38-17-16-35(25-63-38)69-50(77)68(49(74)52(69,6)7)39-18-14-34(24-62)43(44(39)55)54(59,60)61/h10-19,22,25,28-29,36,40,46,70H,8-9,20-21,23,26-27H2,1-7H3,(H,65,72)(H,66,71)/t29-,36+,40-,46+/m0/s1. The number of aryl methyl sites for hydroxylation is 1. The molecule has 0 saturated carbocycles. The number of aliphatic hydroxyl groups excluding tert-OH is 1. The van der Waals surface area contributed by atoms with Crippen molar-refractivity contribution in [2.45, 2.75) is 110 Å². The molecule has 0 radical (unpaired) electrons. The number of rotatable bonds is 17. The summed E-state index contributed by atoms with van der Waals surface area (Å²) in [6.07, 6.45) is -9.43. The van der Waals surface area contributed by atoms with E-state index < -0.39 is 117 Å². The largest absolute Gasteiger partial charge is 0.493 e. The first-order valence-corrected chi connectivity index (χ1v) is 25.8. The second-order valence-electron chi connectivity index (χ2n) is 20.3. The monoisotopic (exact) mass is 1120 g/mol. The second-order valence-corrected chi connectivity index (χ2v) is 21.6. The van der Waals surface area contributed by atoms with Crippen molar-refractivity contribution in [3.8, 4) is 33.5 Å². The fourth-order valence-corrected chi connectivity index (χ4v) is 10.5. The summed E-state index contributed by atoms with van der Waals surface area (Å²) in [7, 11) is 0. The number of hydrogen-bond acceptors (Lipinski definition) is 12. The summed E-state index contributed by atoms with van der Waals surface area (Å²) in [6.45, 7) is 11.0. The van der Waals surface area contributed by atoms with Crippen molar-refractivity contribution in [1.29, 1.82) is 5.26 Å². The summed E-state index contributed by atoms with van der Waals surface area (Å²) < 4.78 is 111. The number of anilines is 2. The third-order valence-electron chi connectivity index (χ3n) is 13.3. The Morgan fingerprint density at radius 1 is 0.949 bits per heavy atom. The van der Waals surface area contributed by atoms with Gasteiger partial charge in [0.2, 0.25) is 17.7 Å². The highest BCUT2D eigenvalue weighted by Gasteiger charge is 2.52. The van der Waals surface area contributed by atoms with Gasteiger partial charge in [0.1, 0.15) is 35.5 Å². The van der Waals surface area contributed by atoms with Crippen LogP contribution in [0.3, 0.4) is 0 Å². The number of halogens is 7. The minimum Gasteiger partial charge on any atom is -0.493 e. The van der Waals surface area contributed by atoms with E-state index in [1.54, 1.807) is 26.3 Å². The molecule has 0 unspecified atom stereocenters. The fourth-order valence-electron chi connectivity index (χ4n) is 9.15. The zero-order valence-corrected chi connectivity index (χ0v) is 44.9. The number of aromatic nitrogens is 2. The van der Waals surface area contributed by atoms with Crippen LogP contribution in [0.4, 0.5) is 42.1 Å². The molecule has 7 rings (SSSR count). The molecule has 414 valence electrons. The van der Waals surface area contributed by atoms with Gasteiger partial charge in [0.15, 0.2) is 10.9 Å². The van der Waals surface area contributed by atoms with E-state index in [-0.39, 0.29) is 56.0 Å². The molecule has 4 amide bonds. The number of nitrogens with one attached hydrogen (secondary N) is 2. The molecule has 0 bridgehead atoms. The van der Waals surface area contributed by atoms with Gasteiger partial charge in [-0.15, -0.1) is 11.3 Å². The van der Waals surface area contributed by atoms with Gasteiger partial charge in [-0.2, -0.15) is 31.6 Å². The number of amides is 4. The number of hydrogen-bond donors (Lipinski definition) is 3. The predicted octanol–water partition coefficient (Wildman–Crippen LogP) is 9.69. The number of thiazole rings is 1. The number of pyridine rings is 1. The molecule has 5 aromatic rings. The lowest BCUT2D eigenvalue weighted by atomic mass is 9.85. The van der Waals surface area contributed by atoms with Crippen molar-refractivity contribution < 1.29 is 64.5 Å². The van der Waals surface area contributed by atoms with Crippen LogP contribution in [0.15, 0.2) is 78.4 Å². The first-order chi connectivity index (χ1) is 36.5. The molecule has 2 saturated heterocycles. The molecule has 0 spiro atoms. The highest BCUT2D eigenvalue weighted by atomic mass is 32.1. The maximum absolute atomic E-state index is 15.5. The summed E-state index contributed by atoms with van der Waals surface area (Å²) in [4.78, 5) is 67.2. The minimum atomic E-state index is -5.28. The maximum Gasteiger partial charge on any atom is 0.420 e. The molecule has 2 aromatic heterocycles. The van der Waals surface area contributed by atoms with Crippen LogP contribution in [0.25, 0.3) is 21.7 Å². The molecule has 15 nitrogen and oxygen atoms in total. The number of unbranched alkanes of at least 4 members (excludes halogenated alkanes) is 1. The van der Waals surface area contributed by atoms with Gasteiger partial charge in [0.05, 0.1) is 75.3 Å². The van der Waals surface area contributed by atoms with Crippen LogP contribution in [0.1, 0.15) is 94.8 Å². The Kier molecular flexibility index (Phi) is 17.4. The normalized spacial score (nSPS) is 17.5. The van der Waals surface area contributed by atoms with Crippen LogP contribution in [0, 0.1) is 29.5 Å². The molecule has 2 fully saturated rings. The number of aliphatic hydroxyl groups is 1. The van der Waals surface area contributed by atoms with Gasteiger partial charge in [-0.3, -0.25) is 29.1 Å². The Labute approximate surface area is 454 Å². The van der Waals surface area contributed by atoms with Crippen molar-refractivity contribution in [3.05, 3.63) is 112 Å². The number of thiocarbonyl (C=S) groups is 1. The number of nitriles is 1. The summed E-state index contributed by atoms with van der Waals surface area (Å²) in [5.41, 5.74) is -2.53. The van der Waals surface area contributed by atoms with Crippen LogP contribution in [0.2, 0.25) is 0 Å². The highest BCUT2D eigenvalue weighted by Crippen LogP contribution is 2.43. The fraction of sp³-hybridized carbons (Fsp3) is 0.407. The van der Waals surface area contributed by atoms with Crippen molar-refractivity contribution in [3.63, 3.8) is 0 Å². The van der Waals surface area contributed by atoms with E-state index in [1.165, 1.54) is 65.4 Å². The number of β-amino-alcohol motifs (C(OH)–C–C–N with tert-alkyl or cyclic N) is 1. The quantitative estimate of drug-likeness (QED) is 0.0455. The van der Waals surface area contributed by atoms with Crippen molar-refractivity contribution >= 4 is 63.7 Å². The van der Waals surface area contributed by atoms with E-state index in [4.69, 9.17) is 21.7 Å². The minimum absolute atomic E-state index is 0.00303. The molecule has 0 aliphatic carbocycles. The van der Waals surface area contributed by atoms with E-state index >= 15 is 4.39 Å². The SMILES string of the molecule is Cc1ncsc1-c1ccc([C@H](C)NC(=O)[C@@H]2C[C@@H](O)CN2C(=O)[C@@H](NC(=O)COCCCCOc2ccc(-c3ccc(N4C(=S)N(c5ccc(C#N)c(C(F)(F)F)c5F)C(=O)C4(C)C)cn3)cc2C(F)(F)F)C(C)(C)C)cc1. The van der Waals surface area contributed by atoms with Crippen LogP contribution in [0.5, 0.6) is 5.75 Å². The Morgan fingerprint density at radius 3 is 2.23 bits per heavy atom. The number of likely N-dealkylation sites (tertiary alicyclic amines) is 1. The molecule has 4 heterocycles. The Morgan fingerprint density at radius 2 is 1.63 bits per heavy atom. The molecule has 2 aliphatic heterocycles. The van der Waals surface area contributed by atoms with Gasteiger partial charge in [0.25, 0.3) is 5.91 Å². The lowest BCUT2D eigenvalue weighted by molar-refractivity contribution is -0.144. The van der Waals surface area contributed by atoms with E-state index in [2.05, 4.69) is 20.6 Å². The summed E-state index contributed by atoms with van der Waals surface area (Å²) >= 11 is 7.00. The maximum atomic E-state index is 15.5. The van der Waals surface area contributed by atoms with Crippen LogP contribution in [-0.4, -0.2) is 98.8 Å². The number of carbonyl (C=O) groups is 4. The average Bonchev–Trinajstić information content (AvgIpc) is 4.05. The molecule has 3 aromatic carbocycles. The lowest BCUT2D eigenvalue weighted by Crippen LogP contribution is -2.58. The van der Waals surface area contributed by atoms with E-state index in [1.807, 2.05) is 38.1 Å². The molecule has 2 aliphatic rings. The molecule has 78 heavy (non-hydrogen) atoms. The van der Waals surface area contributed by atoms with Crippen LogP contribution < -0.4 is 25.2 Å². The van der Waals surface area contributed by atoms with Crippen molar-refractivity contribution in [2.75, 3.05) is 36.2 Å². The number of benzene rings is 3. The summed E-state index contributed by atoms with van der Waals surface area (Å²) in [6, 6.07) is 14.1. The first kappa shape index (κ1) is 58.6. The number of alkyl halides is 6. The van der Waals surface area contributed by atoms with Gasteiger partial charge in [-0.25, -0.2) is 9.37 Å². The molecule has 24 heteroatoms. The van der Waals surface area contributed by atoms with Crippen LogP contribution >= 0.6 is 23.6 Å². The molecule has 3 N–H and O–H groups in total. The molecular weight excluding hydrogens is 1070 g/mol. The smallest absolute Gasteiger partial charge is 0.420 e. The van der Waals surface area contributed by atoms with Gasteiger partial charge in [-0.1, -0.05) is 45.0 Å². The zero-order valence-electron chi connectivity index (χ0n) is 43.3. The van der Waals surface area contributed by atoms with Crippen molar-refractivity contribution in [2.24, 2.45) is 5.41 Å².